The van der Waals surface area contributed by atoms with Gasteiger partial charge in [-0.05, 0) is 35.6 Å². The Bertz CT molecular complexity index is 978. The topological polar surface area (TPSA) is 114 Å². The standard InChI is InChI=1S/C25H30N2O6/c1-4-25(2,23(29)30)15-26-22(28)21(14-32-3)27-24(31)33-13-20-18-11-7-5-9-16(18)17-10-6-8-12-19(17)20/h5-12,20-21H,4,13-15H2,1-3H3,(H,26,28)(H,27,31)(H,29,30). The summed E-state index contributed by atoms with van der Waals surface area (Å²) in [7, 11) is 1.41. The molecule has 3 N–H and O–H groups in total. The number of carbonyl (C=O) groups is 3. The van der Waals surface area contributed by atoms with Crippen molar-refractivity contribution >= 4 is 18.0 Å². The molecule has 8 heteroatoms. The van der Waals surface area contributed by atoms with Gasteiger partial charge in [-0.1, -0.05) is 55.5 Å². The van der Waals surface area contributed by atoms with Crippen LogP contribution < -0.4 is 10.6 Å². The van der Waals surface area contributed by atoms with Gasteiger partial charge in [-0.2, -0.15) is 0 Å². The number of hydrogen-bond acceptors (Lipinski definition) is 5. The lowest BCUT2D eigenvalue weighted by molar-refractivity contribution is -0.148. The van der Waals surface area contributed by atoms with Crippen LogP contribution >= 0.6 is 0 Å². The Labute approximate surface area is 193 Å². The highest BCUT2D eigenvalue weighted by Crippen LogP contribution is 2.44. The van der Waals surface area contributed by atoms with E-state index in [0.29, 0.717) is 6.42 Å². The first-order chi connectivity index (χ1) is 15.8. The minimum Gasteiger partial charge on any atom is -0.481 e. The second-order valence-corrected chi connectivity index (χ2v) is 8.41. The van der Waals surface area contributed by atoms with Gasteiger partial charge >= 0.3 is 12.1 Å². The van der Waals surface area contributed by atoms with E-state index in [1.807, 2.05) is 48.5 Å². The van der Waals surface area contributed by atoms with Crippen molar-refractivity contribution in [3.63, 3.8) is 0 Å². The molecule has 0 saturated heterocycles. The van der Waals surface area contributed by atoms with Crippen LogP contribution in [0.4, 0.5) is 4.79 Å². The molecule has 0 heterocycles. The summed E-state index contributed by atoms with van der Waals surface area (Å²) in [4.78, 5) is 36.6. The summed E-state index contributed by atoms with van der Waals surface area (Å²) in [6, 6.07) is 15.0. The number of ether oxygens (including phenoxy) is 2. The maximum Gasteiger partial charge on any atom is 0.407 e. The van der Waals surface area contributed by atoms with Crippen molar-refractivity contribution in [1.29, 1.82) is 0 Å². The second-order valence-electron chi connectivity index (χ2n) is 8.41. The minimum atomic E-state index is -1.10. The summed E-state index contributed by atoms with van der Waals surface area (Å²) in [5.41, 5.74) is 3.32. The van der Waals surface area contributed by atoms with Crippen molar-refractivity contribution in [2.45, 2.75) is 32.2 Å². The van der Waals surface area contributed by atoms with E-state index in [4.69, 9.17) is 9.47 Å². The number of carboxylic acid groups (broad SMARTS) is 1. The molecular formula is C25H30N2O6. The maximum atomic E-state index is 12.6. The van der Waals surface area contributed by atoms with Gasteiger partial charge in [0, 0.05) is 19.6 Å². The maximum absolute atomic E-state index is 12.6. The summed E-state index contributed by atoms with van der Waals surface area (Å²) in [5.74, 6) is -1.64. The number of nitrogens with one attached hydrogen (secondary N) is 2. The molecular weight excluding hydrogens is 424 g/mol. The van der Waals surface area contributed by atoms with E-state index in [9.17, 15) is 19.5 Å². The van der Waals surface area contributed by atoms with Crippen LogP contribution in [0.15, 0.2) is 48.5 Å². The van der Waals surface area contributed by atoms with Gasteiger partial charge < -0.3 is 25.2 Å². The molecule has 0 bridgehead atoms. The van der Waals surface area contributed by atoms with Crippen LogP contribution in [-0.4, -0.2) is 56.0 Å². The molecule has 2 unspecified atom stereocenters. The monoisotopic (exact) mass is 454 g/mol. The fourth-order valence-corrected chi connectivity index (χ4v) is 3.89. The van der Waals surface area contributed by atoms with E-state index in [0.717, 1.165) is 22.3 Å². The van der Waals surface area contributed by atoms with Crippen LogP contribution in [-0.2, 0) is 19.1 Å². The van der Waals surface area contributed by atoms with Crippen molar-refractivity contribution < 1.29 is 29.0 Å². The highest BCUT2D eigenvalue weighted by Gasteiger charge is 2.33. The lowest BCUT2D eigenvalue weighted by atomic mass is 9.87. The van der Waals surface area contributed by atoms with E-state index < -0.39 is 29.4 Å². The highest BCUT2D eigenvalue weighted by molar-refractivity contribution is 5.86. The normalized spacial score (nSPS) is 15.0. The summed E-state index contributed by atoms with van der Waals surface area (Å²) in [6.45, 7) is 3.27. The Hall–Kier alpha value is -3.39. The molecule has 3 rings (SSSR count). The third-order valence-corrected chi connectivity index (χ3v) is 6.24. The molecule has 0 aromatic heterocycles. The van der Waals surface area contributed by atoms with Crippen molar-refractivity contribution in [2.24, 2.45) is 5.41 Å². The first-order valence-electron chi connectivity index (χ1n) is 10.9. The molecule has 2 aromatic carbocycles. The molecule has 0 saturated carbocycles. The molecule has 33 heavy (non-hydrogen) atoms. The third kappa shape index (κ3) is 5.34. The molecule has 0 fully saturated rings. The Morgan fingerprint density at radius 3 is 2.15 bits per heavy atom. The number of alkyl carbamates (subject to hydrolysis) is 1. The Morgan fingerprint density at radius 1 is 1.06 bits per heavy atom. The minimum absolute atomic E-state index is 0.0652. The van der Waals surface area contributed by atoms with Crippen LogP contribution in [0.1, 0.15) is 37.3 Å². The molecule has 176 valence electrons. The first-order valence-corrected chi connectivity index (χ1v) is 10.9. The van der Waals surface area contributed by atoms with Crippen molar-refractivity contribution in [2.75, 3.05) is 26.9 Å². The fourth-order valence-electron chi connectivity index (χ4n) is 3.89. The first kappa shape index (κ1) is 24.3. The van der Waals surface area contributed by atoms with Gasteiger partial charge in [0.25, 0.3) is 0 Å². The van der Waals surface area contributed by atoms with E-state index >= 15 is 0 Å². The predicted octanol–water partition coefficient (Wildman–Crippen LogP) is 3.16. The van der Waals surface area contributed by atoms with Crippen molar-refractivity contribution in [3.8, 4) is 11.1 Å². The summed E-state index contributed by atoms with van der Waals surface area (Å²) in [6.07, 6.45) is -0.400. The Kier molecular flexibility index (Phi) is 7.71. The zero-order valence-corrected chi connectivity index (χ0v) is 19.1. The van der Waals surface area contributed by atoms with E-state index in [2.05, 4.69) is 10.6 Å². The van der Waals surface area contributed by atoms with E-state index in [1.165, 1.54) is 7.11 Å². The summed E-state index contributed by atoms with van der Waals surface area (Å²) >= 11 is 0. The van der Waals surface area contributed by atoms with Crippen LogP contribution in [0.2, 0.25) is 0 Å². The predicted molar refractivity (Wildman–Crippen MR) is 123 cm³/mol. The number of fused-ring (bicyclic) bond motifs is 3. The number of benzene rings is 2. The number of carbonyl (C=O) groups excluding carboxylic acids is 2. The molecule has 1 aliphatic rings. The number of hydrogen-bond donors (Lipinski definition) is 3. The zero-order chi connectivity index (χ0) is 24.0. The molecule has 0 aliphatic heterocycles. The second kappa shape index (κ2) is 10.5. The quantitative estimate of drug-likeness (QED) is 0.508. The van der Waals surface area contributed by atoms with Gasteiger partial charge in [-0.15, -0.1) is 0 Å². The van der Waals surface area contributed by atoms with Gasteiger partial charge in [-0.3, -0.25) is 9.59 Å². The summed E-state index contributed by atoms with van der Waals surface area (Å²) in [5, 5.41) is 14.5. The van der Waals surface area contributed by atoms with Gasteiger partial charge in [-0.25, -0.2) is 4.79 Å². The van der Waals surface area contributed by atoms with Crippen LogP contribution in [0.5, 0.6) is 0 Å². The van der Waals surface area contributed by atoms with Crippen molar-refractivity contribution in [3.05, 3.63) is 59.7 Å². The smallest absolute Gasteiger partial charge is 0.407 e. The molecule has 2 amide bonds. The number of aliphatic carboxylic acids is 1. The van der Waals surface area contributed by atoms with Gasteiger partial charge in [0.1, 0.15) is 12.6 Å². The molecule has 0 spiro atoms. The van der Waals surface area contributed by atoms with Crippen LogP contribution in [0.3, 0.4) is 0 Å². The zero-order valence-electron chi connectivity index (χ0n) is 19.1. The molecule has 2 aromatic rings. The molecule has 1 aliphatic carbocycles. The molecule has 2 atom stereocenters. The van der Waals surface area contributed by atoms with Crippen LogP contribution in [0, 0.1) is 5.41 Å². The molecule has 0 radical (unpaired) electrons. The average molecular weight is 455 g/mol. The van der Waals surface area contributed by atoms with Crippen molar-refractivity contribution in [1.82, 2.24) is 10.6 Å². The third-order valence-electron chi connectivity index (χ3n) is 6.24. The van der Waals surface area contributed by atoms with Gasteiger partial charge in [0.2, 0.25) is 5.91 Å². The molecule has 8 nitrogen and oxygen atoms in total. The SMILES string of the molecule is CCC(C)(CNC(=O)C(COC)NC(=O)OCC1c2ccccc2-c2ccccc21)C(=O)O. The number of methoxy groups -OCH3 is 1. The lowest BCUT2D eigenvalue weighted by Gasteiger charge is -2.25. The number of carboxylic acids is 1. The Balaban J connectivity index is 1.62. The van der Waals surface area contributed by atoms with Crippen LogP contribution in [0.25, 0.3) is 11.1 Å². The Morgan fingerprint density at radius 2 is 1.64 bits per heavy atom. The lowest BCUT2D eigenvalue weighted by Crippen LogP contribution is -2.52. The largest absolute Gasteiger partial charge is 0.481 e. The summed E-state index contributed by atoms with van der Waals surface area (Å²) < 4.78 is 10.5. The van der Waals surface area contributed by atoms with Gasteiger partial charge in [0.05, 0.1) is 12.0 Å². The highest BCUT2D eigenvalue weighted by atomic mass is 16.5. The van der Waals surface area contributed by atoms with E-state index in [1.54, 1.807) is 13.8 Å². The van der Waals surface area contributed by atoms with Gasteiger partial charge in [0.15, 0.2) is 0 Å². The number of amides is 2. The number of rotatable bonds is 10. The van der Waals surface area contributed by atoms with E-state index in [-0.39, 0.29) is 25.7 Å². The fraction of sp³-hybridized carbons (Fsp3) is 0.400. The average Bonchev–Trinajstić information content (AvgIpc) is 3.14.